The van der Waals surface area contributed by atoms with Crippen LogP contribution in [-0.2, 0) is 0 Å². The van der Waals surface area contributed by atoms with E-state index in [2.05, 4.69) is 10.5 Å². The van der Waals surface area contributed by atoms with Crippen molar-refractivity contribution >= 4 is 35.3 Å². The largest absolute Gasteiger partial charge is 0.508 e. The predicted octanol–water partition coefficient (Wildman–Crippen LogP) is 3.17. The molecule has 0 radical (unpaired) electrons. The molecule has 0 spiro atoms. The lowest BCUT2D eigenvalue weighted by Crippen LogP contribution is -2.17. The van der Waals surface area contributed by atoms with E-state index >= 15 is 0 Å². The van der Waals surface area contributed by atoms with Crippen LogP contribution in [0.15, 0.2) is 41.5 Å². The van der Waals surface area contributed by atoms with Crippen LogP contribution in [-0.4, -0.2) is 22.3 Å². The van der Waals surface area contributed by atoms with E-state index in [9.17, 15) is 15.0 Å². The van der Waals surface area contributed by atoms with E-state index in [0.717, 1.165) is 6.07 Å². The fourth-order valence-electron chi connectivity index (χ4n) is 1.57. The summed E-state index contributed by atoms with van der Waals surface area (Å²) in [7, 11) is 0. The lowest BCUT2D eigenvalue weighted by Gasteiger charge is -2.03. The van der Waals surface area contributed by atoms with Gasteiger partial charge in [-0.15, -0.1) is 0 Å². The number of nitrogens with zero attached hydrogens (tertiary/aromatic N) is 1. The van der Waals surface area contributed by atoms with Gasteiger partial charge in [0, 0.05) is 17.2 Å². The summed E-state index contributed by atoms with van der Waals surface area (Å²) >= 11 is 11.8. The zero-order valence-electron chi connectivity index (χ0n) is 10.5. The number of benzene rings is 2. The van der Waals surface area contributed by atoms with Crippen LogP contribution < -0.4 is 5.43 Å². The van der Waals surface area contributed by atoms with E-state index in [4.69, 9.17) is 23.2 Å². The van der Waals surface area contributed by atoms with Gasteiger partial charge in [-0.1, -0.05) is 35.3 Å². The van der Waals surface area contributed by atoms with Gasteiger partial charge in [0.2, 0.25) is 0 Å². The monoisotopic (exact) mass is 324 g/mol. The lowest BCUT2D eigenvalue weighted by atomic mass is 10.2. The molecule has 21 heavy (non-hydrogen) atoms. The van der Waals surface area contributed by atoms with Crippen LogP contribution in [0.5, 0.6) is 11.5 Å². The summed E-state index contributed by atoms with van der Waals surface area (Å²) in [5.41, 5.74) is 2.87. The molecule has 0 atom stereocenters. The Morgan fingerprint density at radius 2 is 1.81 bits per heavy atom. The van der Waals surface area contributed by atoms with E-state index < -0.39 is 5.91 Å². The quantitative estimate of drug-likeness (QED) is 0.599. The smallest absolute Gasteiger partial charge is 0.271 e. The first-order valence-electron chi connectivity index (χ1n) is 5.78. The molecule has 0 fully saturated rings. The van der Waals surface area contributed by atoms with Crippen molar-refractivity contribution in [3.63, 3.8) is 0 Å². The Morgan fingerprint density at radius 3 is 2.48 bits per heavy atom. The van der Waals surface area contributed by atoms with Crippen molar-refractivity contribution in [2.24, 2.45) is 5.10 Å². The second kappa shape index (κ2) is 6.47. The second-order valence-electron chi connectivity index (χ2n) is 4.08. The summed E-state index contributed by atoms with van der Waals surface area (Å²) in [5.74, 6) is -1.03. The van der Waals surface area contributed by atoms with Crippen molar-refractivity contribution in [3.05, 3.63) is 57.6 Å². The molecule has 3 N–H and O–H groups in total. The van der Waals surface area contributed by atoms with Crippen molar-refractivity contribution in [2.75, 3.05) is 0 Å². The molecule has 1 amide bonds. The maximum Gasteiger partial charge on any atom is 0.271 e. The number of hydrogen-bond acceptors (Lipinski definition) is 4. The molecule has 2 rings (SSSR count). The van der Waals surface area contributed by atoms with Gasteiger partial charge in [0.15, 0.2) is 0 Å². The third kappa shape index (κ3) is 3.87. The minimum absolute atomic E-state index is 0.0711. The van der Waals surface area contributed by atoms with Crippen LogP contribution in [0.25, 0.3) is 0 Å². The highest BCUT2D eigenvalue weighted by atomic mass is 35.5. The third-order valence-corrected chi connectivity index (χ3v) is 3.35. The number of aromatic hydroxyl groups is 2. The van der Waals surface area contributed by atoms with Gasteiger partial charge in [0.25, 0.3) is 5.91 Å². The number of carbonyl (C=O) groups excluding carboxylic acids is 1. The van der Waals surface area contributed by atoms with Gasteiger partial charge in [-0.05, 0) is 18.2 Å². The Hall–Kier alpha value is -2.24. The molecule has 2 aromatic carbocycles. The first-order valence-corrected chi connectivity index (χ1v) is 6.53. The number of phenolic OH excluding ortho intramolecular Hbond substituents is 2. The Balaban J connectivity index is 2.10. The Morgan fingerprint density at radius 1 is 1.14 bits per heavy atom. The number of rotatable bonds is 3. The number of carbonyl (C=O) groups is 1. The van der Waals surface area contributed by atoms with Gasteiger partial charge in [0.05, 0.1) is 16.3 Å². The number of halogens is 2. The summed E-state index contributed by atoms with van der Waals surface area (Å²) in [6.45, 7) is 0. The molecule has 7 heteroatoms. The normalized spacial score (nSPS) is 10.8. The van der Waals surface area contributed by atoms with Gasteiger partial charge in [-0.2, -0.15) is 5.10 Å². The van der Waals surface area contributed by atoms with Crippen LogP contribution in [0, 0.1) is 0 Å². The SMILES string of the molecule is O=C(N/N=C/c1cccc(Cl)c1Cl)c1cc(O)cc(O)c1. The second-order valence-corrected chi connectivity index (χ2v) is 4.87. The molecular formula is C14H10Cl2N2O3. The van der Waals surface area contributed by atoms with Crippen molar-refractivity contribution in [3.8, 4) is 11.5 Å². The van der Waals surface area contributed by atoms with Crippen LogP contribution in [0.2, 0.25) is 10.0 Å². The van der Waals surface area contributed by atoms with E-state index in [-0.39, 0.29) is 17.1 Å². The highest BCUT2D eigenvalue weighted by molar-refractivity contribution is 6.43. The number of amides is 1. The minimum atomic E-state index is -0.587. The van der Waals surface area contributed by atoms with E-state index in [1.807, 2.05) is 0 Å². The van der Waals surface area contributed by atoms with Gasteiger partial charge in [-0.3, -0.25) is 4.79 Å². The molecule has 2 aromatic rings. The minimum Gasteiger partial charge on any atom is -0.508 e. The highest BCUT2D eigenvalue weighted by Gasteiger charge is 2.07. The molecule has 0 unspecified atom stereocenters. The van der Waals surface area contributed by atoms with Gasteiger partial charge >= 0.3 is 0 Å². The van der Waals surface area contributed by atoms with Gasteiger partial charge in [-0.25, -0.2) is 5.43 Å². The number of nitrogens with one attached hydrogen (secondary N) is 1. The lowest BCUT2D eigenvalue weighted by molar-refractivity contribution is 0.0954. The van der Waals surface area contributed by atoms with Crippen LogP contribution >= 0.6 is 23.2 Å². The maximum absolute atomic E-state index is 11.8. The maximum atomic E-state index is 11.8. The van der Waals surface area contributed by atoms with E-state index in [0.29, 0.717) is 15.6 Å². The Bertz CT molecular complexity index is 697. The molecule has 0 aliphatic heterocycles. The molecule has 0 aromatic heterocycles. The molecule has 0 aliphatic rings. The third-order valence-electron chi connectivity index (χ3n) is 2.52. The Labute approximate surface area is 130 Å². The van der Waals surface area contributed by atoms with Gasteiger partial charge in [0.1, 0.15) is 11.5 Å². The zero-order chi connectivity index (χ0) is 15.4. The summed E-state index contributed by atoms with van der Waals surface area (Å²) in [5, 5.41) is 23.1. The molecular weight excluding hydrogens is 315 g/mol. The molecule has 0 heterocycles. The van der Waals surface area contributed by atoms with Crippen molar-refractivity contribution < 1.29 is 15.0 Å². The average Bonchev–Trinajstić information content (AvgIpc) is 2.42. The average molecular weight is 325 g/mol. The molecule has 5 nitrogen and oxygen atoms in total. The summed E-state index contributed by atoms with van der Waals surface area (Å²) in [6, 6.07) is 8.55. The van der Waals surface area contributed by atoms with Gasteiger partial charge < -0.3 is 10.2 Å². The van der Waals surface area contributed by atoms with Crippen LogP contribution in [0.3, 0.4) is 0 Å². The summed E-state index contributed by atoms with van der Waals surface area (Å²) < 4.78 is 0. The first kappa shape index (κ1) is 15.2. The van der Waals surface area contributed by atoms with Crippen LogP contribution in [0.1, 0.15) is 15.9 Å². The van der Waals surface area contributed by atoms with Crippen molar-refractivity contribution in [1.29, 1.82) is 0 Å². The van der Waals surface area contributed by atoms with Crippen molar-refractivity contribution in [1.82, 2.24) is 5.43 Å². The Kier molecular flexibility index (Phi) is 4.67. The fourth-order valence-corrected chi connectivity index (χ4v) is 1.93. The number of phenols is 2. The summed E-state index contributed by atoms with van der Waals surface area (Å²) in [4.78, 5) is 11.8. The molecule has 0 bridgehead atoms. The standard InChI is InChI=1S/C14H10Cl2N2O3/c15-12-3-1-2-8(13(12)16)7-17-18-14(21)9-4-10(19)6-11(20)5-9/h1-7,19-20H,(H,18,21)/b17-7+. The number of hydrazone groups is 1. The fraction of sp³-hybridized carbons (Fsp3) is 0. The number of hydrogen-bond donors (Lipinski definition) is 3. The molecule has 0 saturated heterocycles. The zero-order valence-corrected chi connectivity index (χ0v) is 12.1. The first-order chi connectivity index (χ1) is 9.97. The van der Waals surface area contributed by atoms with E-state index in [1.165, 1.54) is 18.3 Å². The summed E-state index contributed by atoms with van der Waals surface area (Å²) in [6.07, 6.45) is 1.34. The highest BCUT2D eigenvalue weighted by Crippen LogP contribution is 2.24. The molecule has 0 aliphatic carbocycles. The van der Waals surface area contributed by atoms with Crippen molar-refractivity contribution in [2.45, 2.75) is 0 Å². The predicted molar refractivity (Wildman–Crippen MR) is 81.3 cm³/mol. The molecule has 108 valence electrons. The van der Waals surface area contributed by atoms with Crippen LogP contribution in [0.4, 0.5) is 0 Å². The molecule has 0 saturated carbocycles. The topological polar surface area (TPSA) is 81.9 Å². The van der Waals surface area contributed by atoms with E-state index in [1.54, 1.807) is 18.2 Å².